The molecule has 21 heavy (non-hydrogen) atoms. The van der Waals surface area contributed by atoms with E-state index < -0.39 is 0 Å². The monoisotopic (exact) mass is 287 g/mol. The van der Waals surface area contributed by atoms with Crippen LogP contribution in [0.15, 0.2) is 24.3 Å². The fourth-order valence-corrected chi connectivity index (χ4v) is 1.90. The second-order valence-electron chi connectivity index (χ2n) is 5.83. The van der Waals surface area contributed by atoms with Crippen LogP contribution in [0.3, 0.4) is 0 Å². The zero-order chi connectivity index (χ0) is 15.5. The predicted octanol–water partition coefficient (Wildman–Crippen LogP) is 2.24. The SMILES string of the molecule is Cc1nc(-c2ccccc2NC(=O)CCC(C)(C)N)n[nH]1. The molecule has 1 aromatic heterocycles. The summed E-state index contributed by atoms with van der Waals surface area (Å²) in [7, 11) is 0. The molecule has 0 saturated heterocycles. The van der Waals surface area contributed by atoms with E-state index in [9.17, 15) is 4.79 Å². The number of nitrogens with zero attached hydrogens (tertiary/aromatic N) is 2. The summed E-state index contributed by atoms with van der Waals surface area (Å²) >= 11 is 0. The third kappa shape index (κ3) is 4.39. The minimum atomic E-state index is -0.349. The maximum Gasteiger partial charge on any atom is 0.224 e. The Hall–Kier alpha value is -2.21. The van der Waals surface area contributed by atoms with Crippen molar-refractivity contribution in [2.24, 2.45) is 5.73 Å². The zero-order valence-electron chi connectivity index (χ0n) is 12.6. The molecule has 1 heterocycles. The first kappa shape index (κ1) is 15.2. The lowest BCUT2D eigenvalue weighted by molar-refractivity contribution is -0.116. The van der Waals surface area contributed by atoms with Gasteiger partial charge in [0.25, 0.3) is 0 Å². The van der Waals surface area contributed by atoms with Crippen molar-refractivity contribution in [2.75, 3.05) is 5.32 Å². The van der Waals surface area contributed by atoms with Crippen molar-refractivity contribution in [1.82, 2.24) is 15.2 Å². The van der Waals surface area contributed by atoms with E-state index in [1.165, 1.54) is 0 Å². The average Bonchev–Trinajstić information content (AvgIpc) is 2.83. The van der Waals surface area contributed by atoms with Gasteiger partial charge in [-0.15, -0.1) is 0 Å². The number of aryl methyl sites for hydroxylation is 1. The van der Waals surface area contributed by atoms with Crippen molar-refractivity contribution in [2.45, 2.75) is 39.2 Å². The molecule has 0 saturated carbocycles. The Kier molecular flexibility index (Phi) is 4.37. The van der Waals surface area contributed by atoms with Gasteiger partial charge >= 0.3 is 0 Å². The van der Waals surface area contributed by atoms with E-state index in [0.29, 0.717) is 24.4 Å². The van der Waals surface area contributed by atoms with Crippen LogP contribution in [-0.4, -0.2) is 26.6 Å². The van der Waals surface area contributed by atoms with E-state index in [-0.39, 0.29) is 11.4 Å². The van der Waals surface area contributed by atoms with E-state index in [0.717, 1.165) is 11.4 Å². The predicted molar refractivity (Wildman–Crippen MR) is 82.7 cm³/mol. The Morgan fingerprint density at radius 3 is 2.71 bits per heavy atom. The third-order valence-electron chi connectivity index (χ3n) is 3.04. The smallest absolute Gasteiger partial charge is 0.224 e. The number of hydrogen-bond acceptors (Lipinski definition) is 4. The van der Waals surface area contributed by atoms with Crippen molar-refractivity contribution in [3.63, 3.8) is 0 Å². The maximum absolute atomic E-state index is 12.0. The van der Waals surface area contributed by atoms with E-state index in [2.05, 4.69) is 20.5 Å². The first-order chi connectivity index (χ1) is 9.85. The lowest BCUT2D eigenvalue weighted by Crippen LogP contribution is -2.33. The van der Waals surface area contributed by atoms with Crippen LogP contribution in [0.5, 0.6) is 0 Å². The summed E-state index contributed by atoms with van der Waals surface area (Å²) in [6, 6.07) is 7.47. The Bertz CT molecular complexity index is 627. The molecule has 0 fully saturated rings. The molecule has 1 aromatic carbocycles. The number of carbonyl (C=O) groups excluding carboxylic acids is 1. The lowest BCUT2D eigenvalue weighted by atomic mass is 10.00. The molecule has 112 valence electrons. The van der Waals surface area contributed by atoms with Gasteiger partial charge in [-0.1, -0.05) is 12.1 Å². The van der Waals surface area contributed by atoms with Crippen LogP contribution in [0.4, 0.5) is 5.69 Å². The molecule has 0 radical (unpaired) electrons. The molecule has 1 amide bonds. The fourth-order valence-electron chi connectivity index (χ4n) is 1.90. The number of H-pyrrole nitrogens is 1. The lowest BCUT2D eigenvalue weighted by Gasteiger charge is -2.17. The summed E-state index contributed by atoms with van der Waals surface area (Å²) in [6.07, 6.45) is 1.01. The summed E-state index contributed by atoms with van der Waals surface area (Å²) in [6.45, 7) is 5.65. The molecule has 0 aliphatic heterocycles. The molecule has 4 N–H and O–H groups in total. The van der Waals surface area contributed by atoms with Crippen molar-refractivity contribution in [3.8, 4) is 11.4 Å². The number of anilines is 1. The number of carbonyl (C=O) groups is 1. The number of aromatic nitrogens is 3. The van der Waals surface area contributed by atoms with Crippen molar-refractivity contribution in [3.05, 3.63) is 30.1 Å². The molecule has 6 heteroatoms. The fraction of sp³-hybridized carbons (Fsp3) is 0.400. The van der Waals surface area contributed by atoms with Gasteiger partial charge in [0.05, 0.1) is 5.69 Å². The standard InChI is InChI=1S/C15H21N5O/c1-10-17-14(20-19-10)11-6-4-5-7-12(11)18-13(21)8-9-15(2,3)16/h4-7H,8-9,16H2,1-3H3,(H,18,21)(H,17,19,20). The Morgan fingerprint density at radius 1 is 1.38 bits per heavy atom. The summed E-state index contributed by atoms with van der Waals surface area (Å²) in [5, 5.41) is 9.84. The summed E-state index contributed by atoms with van der Waals surface area (Å²) in [5.41, 5.74) is 7.05. The maximum atomic E-state index is 12.0. The Labute approximate surface area is 124 Å². The van der Waals surface area contributed by atoms with Crippen molar-refractivity contribution < 1.29 is 4.79 Å². The molecule has 6 nitrogen and oxygen atoms in total. The van der Waals surface area contributed by atoms with Gasteiger partial charge in [0, 0.05) is 17.5 Å². The number of nitrogens with two attached hydrogens (primary N) is 1. The molecule has 2 rings (SSSR count). The van der Waals surface area contributed by atoms with Crippen LogP contribution in [-0.2, 0) is 4.79 Å². The quantitative estimate of drug-likeness (QED) is 0.785. The number of para-hydroxylation sites is 1. The van der Waals surface area contributed by atoms with Gasteiger partial charge in [0.1, 0.15) is 5.82 Å². The molecule has 0 unspecified atom stereocenters. The second-order valence-corrected chi connectivity index (χ2v) is 5.83. The third-order valence-corrected chi connectivity index (χ3v) is 3.04. The number of benzene rings is 1. The highest BCUT2D eigenvalue weighted by molar-refractivity contribution is 5.94. The van der Waals surface area contributed by atoms with Crippen LogP contribution < -0.4 is 11.1 Å². The van der Waals surface area contributed by atoms with Crippen LogP contribution in [0, 0.1) is 6.92 Å². The molecular weight excluding hydrogens is 266 g/mol. The van der Waals surface area contributed by atoms with E-state index >= 15 is 0 Å². The average molecular weight is 287 g/mol. The number of nitrogens with one attached hydrogen (secondary N) is 2. The van der Waals surface area contributed by atoms with Gasteiger partial charge < -0.3 is 11.1 Å². The van der Waals surface area contributed by atoms with Gasteiger partial charge in [-0.3, -0.25) is 9.89 Å². The molecule has 0 aliphatic rings. The summed E-state index contributed by atoms with van der Waals surface area (Å²) in [4.78, 5) is 16.3. The first-order valence-corrected chi connectivity index (χ1v) is 6.92. The van der Waals surface area contributed by atoms with Crippen LogP contribution in [0.2, 0.25) is 0 Å². The Morgan fingerprint density at radius 2 is 2.10 bits per heavy atom. The normalized spacial score (nSPS) is 11.4. The molecule has 0 atom stereocenters. The number of rotatable bonds is 5. The highest BCUT2D eigenvalue weighted by Crippen LogP contribution is 2.25. The molecular formula is C15H21N5O. The topological polar surface area (TPSA) is 96.7 Å². The van der Waals surface area contributed by atoms with E-state index in [1.807, 2.05) is 45.0 Å². The number of amides is 1. The summed E-state index contributed by atoms with van der Waals surface area (Å²) in [5.74, 6) is 1.24. The van der Waals surface area contributed by atoms with E-state index in [1.54, 1.807) is 0 Å². The Balaban J connectivity index is 2.12. The van der Waals surface area contributed by atoms with Crippen molar-refractivity contribution >= 4 is 11.6 Å². The minimum Gasteiger partial charge on any atom is -0.326 e. The number of hydrogen-bond donors (Lipinski definition) is 3. The van der Waals surface area contributed by atoms with Crippen molar-refractivity contribution in [1.29, 1.82) is 0 Å². The van der Waals surface area contributed by atoms with Crippen LogP contribution >= 0.6 is 0 Å². The van der Waals surface area contributed by atoms with Gasteiger partial charge in [-0.25, -0.2) is 4.98 Å². The van der Waals surface area contributed by atoms with E-state index in [4.69, 9.17) is 5.73 Å². The highest BCUT2D eigenvalue weighted by Gasteiger charge is 2.15. The summed E-state index contributed by atoms with van der Waals surface area (Å²) < 4.78 is 0. The van der Waals surface area contributed by atoms with Crippen LogP contribution in [0.1, 0.15) is 32.5 Å². The largest absolute Gasteiger partial charge is 0.326 e. The molecule has 0 aliphatic carbocycles. The number of aromatic amines is 1. The second kappa shape index (κ2) is 6.05. The zero-order valence-corrected chi connectivity index (χ0v) is 12.6. The van der Waals surface area contributed by atoms with Gasteiger partial charge in [0.15, 0.2) is 5.82 Å². The van der Waals surface area contributed by atoms with Gasteiger partial charge in [0.2, 0.25) is 5.91 Å². The van der Waals surface area contributed by atoms with Gasteiger partial charge in [-0.2, -0.15) is 5.10 Å². The molecule has 2 aromatic rings. The molecule has 0 bridgehead atoms. The highest BCUT2D eigenvalue weighted by atomic mass is 16.1. The molecule has 0 spiro atoms. The minimum absolute atomic E-state index is 0.0618. The first-order valence-electron chi connectivity index (χ1n) is 6.92. The van der Waals surface area contributed by atoms with Gasteiger partial charge in [-0.05, 0) is 39.3 Å². The van der Waals surface area contributed by atoms with Crippen LogP contribution in [0.25, 0.3) is 11.4 Å².